The molecule has 1 heterocycles. The highest BCUT2D eigenvalue weighted by atomic mass is 16.5. The molecule has 1 aliphatic rings. The van der Waals surface area contributed by atoms with Gasteiger partial charge in [0, 0.05) is 12.1 Å². The average molecular weight is 494 g/mol. The molecule has 1 amide bonds. The minimum atomic E-state index is -0.752. The van der Waals surface area contributed by atoms with Gasteiger partial charge in [0.25, 0.3) is 11.7 Å². The van der Waals surface area contributed by atoms with E-state index in [4.69, 9.17) is 4.74 Å². The molecule has 1 fully saturated rings. The molecule has 194 valence electrons. The van der Waals surface area contributed by atoms with E-state index in [9.17, 15) is 19.8 Å². The smallest absolute Gasteiger partial charge is 0.295 e. The Labute approximate surface area is 214 Å². The Bertz CT molecular complexity index is 1040. The summed E-state index contributed by atoms with van der Waals surface area (Å²) in [6.07, 6.45) is 11.7. The van der Waals surface area contributed by atoms with E-state index in [2.05, 4.69) is 6.92 Å². The van der Waals surface area contributed by atoms with Crippen molar-refractivity contribution in [1.82, 2.24) is 4.90 Å². The largest absolute Gasteiger partial charge is 0.508 e. The number of unbranched alkanes of at least 4 members (excludes halogenated alkanes) is 9. The molecule has 0 aliphatic carbocycles. The average Bonchev–Trinajstić information content (AvgIpc) is 3.14. The van der Waals surface area contributed by atoms with Crippen LogP contribution in [0.1, 0.15) is 88.3 Å². The number of Topliss-reactive ketones (excluding diaryl/α,β-unsaturated/α-hetero) is 1. The number of carbonyl (C=O) groups excluding carboxylic acids is 2. The summed E-state index contributed by atoms with van der Waals surface area (Å²) in [7, 11) is 1.55. The van der Waals surface area contributed by atoms with Crippen LogP contribution in [-0.4, -0.2) is 40.5 Å². The molecule has 1 unspecified atom stereocenters. The molecule has 0 saturated carbocycles. The van der Waals surface area contributed by atoms with Crippen LogP contribution in [0, 0.1) is 0 Å². The zero-order valence-corrected chi connectivity index (χ0v) is 21.5. The molecule has 0 radical (unpaired) electrons. The Morgan fingerprint density at radius 2 is 1.50 bits per heavy atom. The summed E-state index contributed by atoms with van der Waals surface area (Å²) in [5.41, 5.74) is 1.07. The van der Waals surface area contributed by atoms with Crippen LogP contribution in [0.15, 0.2) is 54.1 Å². The van der Waals surface area contributed by atoms with E-state index in [1.54, 1.807) is 55.6 Å². The minimum Gasteiger partial charge on any atom is -0.508 e. The summed E-state index contributed by atoms with van der Waals surface area (Å²) in [4.78, 5) is 27.7. The molecule has 6 heteroatoms. The number of hydrogen-bond donors (Lipinski definition) is 2. The van der Waals surface area contributed by atoms with Gasteiger partial charge in [0.2, 0.25) is 0 Å². The van der Waals surface area contributed by atoms with Gasteiger partial charge in [0.05, 0.1) is 18.7 Å². The van der Waals surface area contributed by atoms with Crippen molar-refractivity contribution in [2.45, 2.75) is 77.2 Å². The van der Waals surface area contributed by atoms with Crippen molar-refractivity contribution in [3.63, 3.8) is 0 Å². The van der Waals surface area contributed by atoms with E-state index >= 15 is 0 Å². The lowest BCUT2D eigenvalue weighted by molar-refractivity contribution is -0.139. The number of aromatic hydroxyl groups is 1. The SMILES string of the molecule is CCCCCCCCCCCCN1C(=O)C(=O)C(=C(O)c2ccc(OC)cc2)C1c1cccc(O)c1. The third kappa shape index (κ3) is 6.90. The van der Waals surface area contributed by atoms with Crippen molar-refractivity contribution < 1.29 is 24.5 Å². The monoisotopic (exact) mass is 493 g/mol. The van der Waals surface area contributed by atoms with Gasteiger partial charge in [0.1, 0.15) is 17.3 Å². The second-order valence-electron chi connectivity index (χ2n) is 9.50. The fourth-order valence-electron chi connectivity index (χ4n) is 4.83. The Hall–Kier alpha value is -3.28. The highest BCUT2D eigenvalue weighted by Crippen LogP contribution is 2.40. The third-order valence-corrected chi connectivity index (χ3v) is 6.84. The molecule has 0 bridgehead atoms. The zero-order valence-electron chi connectivity index (χ0n) is 21.5. The van der Waals surface area contributed by atoms with Crippen molar-refractivity contribution in [2.24, 2.45) is 0 Å². The maximum atomic E-state index is 13.1. The van der Waals surface area contributed by atoms with Crippen molar-refractivity contribution >= 4 is 17.4 Å². The third-order valence-electron chi connectivity index (χ3n) is 6.84. The summed E-state index contributed by atoms with van der Waals surface area (Å²) in [5.74, 6) is -0.882. The molecule has 0 aromatic heterocycles. The molecule has 36 heavy (non-hydrogen) atoms. The van der Waals surface area contributed by atoms with Gasteiger partial charge in [-0.15, -0.1) is 0 Å². The number of phenols is 1. The first-order valence-corrected chi connectivity index (χ1v) is 13.2. The summed E-state index contributed by atoms with van der Waals surface area (Å²) < 4.78 is 5.18. The molecular weight excluding hydrogens is 454 g/mol. The number of amides is 1. The van der Waals surface area contributed by atoms with Gasteiger partial charge in [-0.1, -0.05) is 76.8 Å². The van der Waals surface area contributed by atoms with E-state index in [1.807, 2.05) is 0 Å². The van der Waals surface area contributed by atoms with Gasteiger partial charge in [-0.3, -0.25) is 9.59 Å². The second kappa shape index (κ2) is 13.7. The number of methoxy groups -OCH3 is 1. The predicted octanol–water partition coefficient (Wildman–Crippen LogP) is 6.74. The standard InChI is InChI=1S/C30H39NO5/c1-3-4-5-6-7-8-9-10-11-12-20-31-27(23-14-13-15-24(32)21-23)26(29(34)30(31)35)28(33)22-16-18-25(36-2)19-17-22/h13-19,21,27,32-33H,3-12,20H2,1-2H3. The fourth-order valence-corrected chi connectivity index (χ4v) is 4.83. The number of likely N-dealkylation sites (tertiary alicyclic amines) is 1. The first-order chi connectivity index (χ1) is 17.5. The van der Waals surface area contributed by atoms with E-state index in [0.29, 0.717) is 23.4 Å². The van der Waals surface area contributed by atoms with Crippen molar-refractivity contribution in [3.05, 3.63) is 65.2 Å². The van der Waals surface area contributed by atoms with Crippen LogP contribution in [-0.2, 0) is 9.59 Å². The van der Waals surface area contributed by atoms with Crippen LogP contribution in [0.3, 0.4) is 0 Å². The highest BCUT2D eigenvalue weighted by Gasteiger charge is 2.45. The molecule has 1 atom stereocenters. The van der Waals surface area contributed by atoms with E-state index < -0.39 is 17.7 Å². The van der Waals surface area contributed by atoms with Crippen LogP contribution in [0.5, 0.6) is 11.5 Å². The number of phenolic OH excluding ortho intramolecular Hbond substituents is 1. The molecule has 1 saturated heterocycles. The van der Waals surface area contributed by atoms with Crippen molar-refractivity contribution in [2.75, 3.05) is 13.7 Å². The number of benzene rings is 2. The van der Waals surface area contributed by atoms with Crippen LogP contribution >= 0.6 is 0 Å². The van der Waals surface area contributed by atoms with Gasteiger partial charge in [0.15, 0.2) is 0 Å². The lowest BCUT2D eigenvalue weighted by atomic mass is 9.95. The van der Waals surface area contributed by atoms with Crippen LogP contribution in [0.25, 0.3) is 5.76 Å². The Morgan fingerprint density at radius 1 is 0.889 bits per heavy atom. The molecule has 6 nitrogen and oxygen atoms in total. The number of carbonyl (C=O) groups is 2. The number of ketones is 1. The lowest BCUT2D eigenvalue weighted by Gasteiger charge is -2.25. The van der Waals surface area contributed by atoms with Crippen LogP contribution in [0.4, 0.5) is 0 Å². The summed E-state index contributed by atoms with van der Waals surface area (Å²) >= 11 is 0. The molecule has 2 N–H and O–H groups in total. The molecule has 0 spiro atoms. The van der Waals surface area contributed by atoms with Crippen LogP contribution < -0.4 is 4.74 Å². The molecule has 3 rings (SSSR count). The minimum absolute atomic E-state index is 0.0430. The van der Waals surface area contributed by atoms with Gasteiger partial charge < -0.3 is 19.8 Å². The number of nitrogens with zero attached hydrogens (tertiary/aromatic N) is 1. The maximum Gasteiger partial charge on any atom is 0.295 e. The Kier molecular flexibility index (Phi) is 10.4. The quantitative estimate of drug-likeness (QED) is 0.132. The van der Waals surface area contributed by atoms with Gasteiger partial charge in [-0.05, 0) is 48.4 Å². The fraction of sp³-hybridized carbons (Fsp3) is 0.467. The maximum absolute atomic E-state index is 13.1. The molecular formula is C30H39NO5. The summed E-state index contributed by atoms with van der Waals surface area (Å²) in [6.45, 7) is 2.64. The molecule has 1 aliphatic heterocycles. The second-order valence-corrected chi connectivity index (χ2v) is 9.50. The van der Waals surface area contributed by atoms with Crippen molar-refractivity contribution in [1.29, 1.82) is 0 Å². The highest BCUT2D eigenvalue weighted by molar-refractivity contribution is 6.46. The lowest BCUT2D eigenvalue weighted by Crippen LogP contribution is -2.30. The topological polar surface area (TPSA) is 87.1 Å². The Morgan fingerprint density at radius 3 is 2.08 bits per heavy atom. The van der Waals surface area contributed by atoms with Crippen molar-refractivity contribution in [3.8, 4) is 11.5 Å². The number of hydrogen-bond acceptors (Lipinski definition) is 5. The summed E-state index contributed by atoms with van der Waals surface area (Å²) in [5, 5.41) is 21.2. The van der Waals surface area contributed by atoms with E-state index in [-0.39, 0.29) is 17.1 Å². The molecule has 2 aromatic carbocycles. The first kappa shape index (κ1) is 27.3. The Balaban J connectivity index is 1.73. The predicted molar refractivity (Wildman–Crippen MR) is 142 cm³/mol. The van der Waals surface area contributed by atoms with Gasteiger partial charge in [-0.25, -0.2) is 0 Å². The number of aliphatic hydroxyl groups excluding tert-OH is 1. The van der Waals surface area contributed by atoms with E-state index in [1.165, 1.54) is 49.8 Å². The number of rotatable bonds is 14. The molecule has 2 aromatic rings. The summed E-state index contributed by atoms with van der Waals surface area (Å²) in [6, 6.07) is 12.5. The normalized spacial score (nSPS) is 17.1. The van der Waals surface area contributed by atoms with Gasteiger partial charge in [-0.2, -0.15) is 0 Å². The van der Waals surface area contributed by atoms with Gasteiger partial charge >= 0.3 is 0 Å². The van der Waals surface area contributed by atoms with E-state index in [0.717, 1.165) is 19.3 Å². The number of ether oxygens (including phenoxy) is 1. The first-order valence-electron chi connectivity index (χ1n) is 13.2. The number of aliphatic hydroxyl groups is 1. The van der Waals surface area contributed by atoms with Crippen LogP contribution in [0.2, 0.25) is 0 Å². The zero-order chi connectivity index (χ0) is 25.9.